The summed E-state index contributed by atoms with van der Waals surface area (Å²) in [4.78, 5) is 25.3. The minimum Gasteiger partial charge on any atom is -0.274 e. The number of para-hydroxylation sites is 1. The number of rotatable bonds is 1. The molecule has 8 atom stereocenters. The highest BCUT2D eigenvalue weighted by Crippen LogP contribution is 2.84. The molecular weight excluding hydrogens is 499 g/mol. The molecule has 3 saturated carbocycles. The lowest BCUT2D eigenvalue weighted by molar-refractivity contribution is -0.123. The van der Waals surface area contributed by atoms with Gasteiger partial charge in [0.25, 0.3) is 0 Å². The molecule has 9 heteroatoms. The standard InChI is InChI=1S/C20H13Cl6NO2/c21-14-15(22)19(24)13-9-6-8(12(13)18(14,23)20(19,25)26)10-11(9)17(29)27(16(10)28)7-4-2-1-3-5-7/h1-5,8-13H,6H2/t8-,9+,10-,11+,12-,13-,18+,19+/m1/s1. The van der Waals surface area contributed by atoms with Gasteiger partial charge in [0.2, 0.25) is 11.8 Å². The fraction of sp³-hybridized carbons (Fsp3) is 0.500. The summed E-state index contributed by atoms with van der Waals surface area (Å²) in [7, 11) is 0. The van der Waals surface area contributed by atoms with E-state index in [0.29, 0.717) is 12.1 Å². The van der Waals surface area contributed by atoms with Crippen molar-refractivity contribution < 1.29 is 9.59 Å². The van der Waals surface area contributed by atoms with Crippen molar-refractivity contribution >= 4 is 87.1 Å². The molecule has 1 aromatic rings. The van der Waals surface area contributed by atoms with E-state index in [-0.39, 0.29) is 45.6 Å². The SMILES string of the molecule is O=C1[C@@H]2[C@H]3C[C@@H]([C@@H]2C(=O)N1c1ccccc1)[C@@H]1[C@@H]3[C@]2(Cl)C(Cl)=C(Cl)[C@]1(Cl)C2(Cl)Cl. The molecule has 1 heterocycles. The van der Waals surface area contributed by atoms with Crippen molar-refractivity contribution in [2.75, 3.05) is 4.90 Å². The molecule has 1 saturated heterocycles. The monoisotopic (exact) mass is 509 g/mol. The number of halogens is 6. The van der Waals surface area contributed by atoms with Crippen LogP contribution in [0.3, 0.4) is 0 Å². The lowest BCUT2D eigenvalue weighted by atomic mass is 9.65. The smallest absolute Gasteiger partial charge is 0.237 e. The van der Waals surface area contributed by atoms with E-state index < -0.39 is 25.9 Å². The van der Waals surface area contributed by atoms with Crippen molar-refractivity contribution in [1.29, 1.82) is 0 Å². The number of alkyl halides is 4. The van der Waals surface area contributed by atoms with Crippen LogP contribution in [0.5, 0.6) is 0 Å². The van der Waals surface area contributed by atoms with Crippen molar-refractivity contribution in [3.8, 4) is 0 Å². The number of hydrogen-bond acceptors (Lipinski definition) is 2. The number of hydrogen-bond donors (Lipinski definition) is 0. The number of nitrogens with zero attached hydrogens (tertiary/aromatic N) is 1. The third kappa shape index (κ3) is 1.79. The highest BCUT2D eigenvalue weighted by Gasteiger charge is 2.88. The van der Waals surface area contributed by atoms with Crippen molar-refractivity contribution in [2.24, 2.45) is 35.5 Å². The first-order valence-electron chi connectivity index (χ1n) is 9.34. The van der Waals surface area contributed by atoms with Gasteiger partial charge in [-0.25, -0.2) is 0 Å². The Hall–Kier alpha value is -0.160. The number of carbonyl (C=O) groups excluding carboxylic acids is 2. The van der Waals surface area contributed by atoms with Crippen molar-refractivity contribution in [2.45, 2.75) is 20.5 Å². The molecule has 1 aromatic carbocycles. The molecule has 0 spiro atoms. The predicted molar refractivity (Wildman–Crippen MR) is 115 cm³/mol. The van der Waals surface area contributed by atoms with Crippen molar-refractivity contribution in [3.63, 3.8) is 0 Å². The van der Waals surface area contributed by atoms with Gasteiger partial charge in [-0.1, -0.05) is 64.6 Å². The Morgan fingerprint density at radius 2 is 1.24 bits per heavy atom. The van der Waals surface area contributed by atoms with Crippen LogP contribution in [0.1, 0.15) is 6.42 Å². The van der Waals surface area contributed by atoms with Crippen LogP contribution in [0, 0.1) is 35.5 Å². The molecular formula is C20H13Cl6NO2. The van der Waals surface area contributed by atoms with E-state index in [1.54, 1.807) is 24.3 Å². The second-order valence-electron chi connectivity index (χ2n) is 8.64. The molecule has 2 amide bonds. The van der Waals surface area contributed by atoms with Crippen LogP contribution >= 0.6 is 69.6 Å². The lowest BCUT2D eigenvalue weighted by Crippen LogP contribution is -2.46. The van der Waals surface area contributed by atoms with Gasteiger partial charge >= 0.3 is 0 Å². The molecule has 4 fully saturated rings. The zero-order valence-electron chi connectivity index (χ0n) is 14.6. The minimum absolute atomic E-state index is 0.155. The maximum absolute atomic E-state index is 13.4. The van der Waals surface area contributed by atoms with E-state index in [4.69, 9.17) is 69.6 Å². The fourth-order valence-corrected chi connectivity index (χ4v) is 10.1. The number of benzene rings is 1. The number of amides is 2. The number of allylic oxidation sites excluding steroid dienone is 2. The molecule has 6 rings (SSSR count). The van der Waals surface area contributed by atoms with Gasteiger partial charge in [-0.15, -0.1) is 23.2 Å². The molecule has 29 heavy (non-hydrogen) atoms. The summed E-state index contributed by atoms with van der Waals surface area (Å²) in [6.07, 6.45) is 0.659. The van der Waals surface area contributed by atoms with E-state index in [2.05, 4.69) is 0 Å². The normalized spacial score (nSPS) is 48.7. The summed E-state index contributed by atoms with van der Waals surface area (Å²) in [6.45, 7) is 0. The van der Waals surface area contributed by atoms with E-state index in [1.165, 1.54) is 4.90 Å². The van der Waals surface area contributed by atoms with Gasteiger partial charge in [0, 0.05) is 0 Å². The highest BCUT2D eigenvalue weighted by molar-refractivity contribution is 6.65. The van der Waals surface area contributed by atoms with Gasteiger partial charge in [0.05, 0.1) is 27.6 Å². The average molecular weight is 512 g/mol. The summed E-state index contributed by atoms with van der Waals surface area (Å²) in [5.74, 6) is -2.39. The quantitative estimate of drug-likeness (QED) is 0.283. The van der Waals surface area contributed by atoms with Crippen molar-refractivity contribution in [3.05, 3.63) is 40.4 Å². The topological polar surface area (TPSA) is 37.4 Å². The second-order valence-corrected chi connectivity index (χ2v) is 11.9. The molecule has 0 N–H and O–H groups in total. The highest BCUT2D eigenvalue weighted by atomic mass is 35.5. The summed E-state index contributed by atoms with van der Waals surface area (Å²) < 4.78 is -1.63. The third-order valence-electron chi connectivity index (χ3n) is 7.85. The fourth-order valence-electron chi connectivity index (χ4n) is 6.98. The number of anilines is 1. The Bertz CT molecular complexity index is 969. The van der Waals surface area contributed by atoms with Crippen LogP contribution in [0.25, 0.3) is 0 Å². The molecule has 5 aliphatic rings. The van der Waals surface area contributed by atoms with Gasteiger partial charge < -0.3 is 0 Å². The van der Waals surface area contributed by atoms with E-state index >= 15 is 0 Å². The lowest BCUT2D eigenvalue weighted by Gasteiger charge is -2.42. The molecule has 0 unspecified atom stereocenters. The maximum Gasteiger partial charge on any atom is 0.237 e. The predicted octanol–water partition coefficient (Wildman–Crippen LogP) is 5.52. The van der Waals surface area contributed by atoms with E-state index in [9.17, 15) is 9.59 Å². The molecule has 4 bridgehead atoms. The maximum atomic E-state index is 13.4. The number of fused-ring (bicyclic) bond motifs is 12. The number of imide groups is 1. The average Bonchev–Trinajstić information content (AvgIpc) is 3.39. The van der Waals surface area contributed by atoms with Gasteiger partial charge in [-0.2, -0.15) is 0 Å². The second kappa shape index (κ2) is 5.60. The molecule has 4 aliphatic carbocycles. The van der Waals surface area contributed by atoms with E-state index in [0.717, 1.165) is 0 Å². The Morgan fingerprint density at radius 1 is 0.793 bits per heavy atom. The molecule has 0 aromatic heterocycles. The molecule has 1 aliphatic heterocycles. The van der Waals surface area contributed by atoms with Crippen LogP contribution in [0.2, 0.25) is 0 Å². The zero-order valence-corrected chi connectivity index (χ0v) is 19.1. The summed E-state index contributed by atoms with van der Waals surface area (Å²) in [5.41, 5.74) is 0.573. The summed E-state index contributed by atoms with van der Waals surface area (Å²) >= 11 is 40.5. The van der Waals surface area contributed by atoms with Gasteiger partial charge in [0.15, 0.2) is 4.33 Å². The Kier molecular flexibility index (Phi) is 3.77. The van der Waals surface area contributed by atoms with Crippen LogP contribution in [0.4, 0.5) is 5.69 Å². The Balaban J connectivity index is 1.49. The summed E-state index contributed by atoms with van der Waals surface area (Å²) in [6, 6.07) is 8.95. The van der Waals surface area contributed by atoms with Gasteiger partial charge in [-0.05, 0) is 42.2 Å². The molecule has 3 nitrogen and oxygen atoms in total. The first-order chi connectivity index (χ1) is 13.6. The van der Waals surface area contributed by atoms with Crippen LogP contribution in [0.15, 0.2) is 40.4 Å². The number of carbonyl (C=O) groups is 2. The van der Waals surface area contributed by atoms with Crippen LogP contribution in [-0.2, 0) is 9.59 Å². The minimum atomic E-state index is -1.63. The van der Waals surface area contributed by atoms with Crippen LogP contribution < -0.4 is 4.90 Å². The Labute approximate surface area is 197 Å². The van der Waals surface area contributed by atoms with Gasteiger partial charge in [-0.3, -0.25) is 14.5 Å². The molecule has 0 radical (unpaired) electrons. The summed E-state index contributed by atoms with van der Waals surface area (Å²) in [5, 5.41) is 0.311. The Morgan fingerprint density at radius 3 is 1.69 bits per heavy atom. The van der Waals surface area contributed by atoms with Crippen molar-refractivity contribution in [1.82, 2.24) is 0 Å². The zero-order chi connectivity index (χ0) is 20.7. The van der Waals surface area contributed by atoms with Crippen LogP contribution in [-0.4, -0.2) is 25.9 Å². The van der Waals surface area contributed by atoms with Gasteiger partial charge in [0.1, 0.15) is 9.75 Å². The molecule has 152 valence electrons. The first kappa shape index (κ1) is 19.5. The first-order valence-corrected chi connectivity index (χ1v) is 11.6. The largest absolute Gasteiger partial charge is 0.274 e. The van der Waals surface area contributed by atoms with E-state index in [1.807, 2.05) is 6.07 Å². The third-order valence-corrected chi connectivity index (χ3v) is 12.1.